The number of fused-ring (bicyclic) bond motifs is 1. The molecule has 1 saturated carbocycles. The van der Waals surface area contributed by atoms with Crippen LogP contribution in [0.4, 0.5) is 0 Å². The lowest BCUT2D eigenvalue weighted by molar-refractivity contribution is 0.295. The zero-order valence-corrected chi connectivity index (χ0v) is 12.9. The third-order valence-electron chi connectivity index (χ3n) is 4.11. The number of hydrogen-bond acceptors (Lipinski definition) is 3. The van der Waals surface area contributed by atoms with Crippen molar-refractivity contribution in [2.24, 2.45) is 5.73 Å². The van der Waals surface area contributed by atoms with Gasteiger partial charge in [-0.15, -0.1) is 0 Å². The molecular weight excluding hydrogens is 274 g/mol. The lowest BCUT2D eigenvalue weighted by atomic mass is 9.91. The van der Waals surface area contributed by atoms with Crippen molar-refractivity contribution in [3.8, 4) is 11.5 Å². The highest BCUT2D eigenvalue weighted by atomic mass is 35.5. The van der Waals surface area contributed by atoms with Crippen molar-refractivity contribution in [2.45, 2.75) is 51.0 Å². The highest BCUT2D eigenvalue weighted by Gasteiger charge is 2.39. The van der Waals surface area contributed by atoms with Crippen LogP contribution in [0.15, 0.2) is 6.07 Å². The second-order valence-corrected chi connectivity index (χ2v) is 6.74. The fourth-order valence-electron chi connectivity index (χ4n) is 2.85. The Morgan fingerprint density at radius 2 is 1.90 bits per heavy atom. The molecule has 1 fully saturated rings. The van der Waals surface area contributed by atoms with Crippen molar-refractivity contribution in [1.29, 1.82) is 0 Å². The summed E-state index contributed by atoms with van der Waals surface area (Å²) in [4.78, 5) is 0. The largest absolute Gasteiger partial charge is 0.489 e. The summed E-state index contributed by atoms with van der Waals surface area (Å²) in [5.41, 5.74) is 8.68. The van der Waals surface area contributed by atoms with Crippen LogP contribution in [0.3, 0.4) is 0 Å². The molecule has 4 heteroatoms. The van der Waals surface area contributed by atoms with Gasteiger partial charge in [-0.1, -0.05) is 25.4 Å². The van der Waals surface area contributed by atoms with E-state index in [-0.39, 0.29) is 5.54 Å². The van der Waals surface area contributed by atoms with E-state index in [1.54, 1.807) is 0 Å². The van der Waals surface area contributed by atoms with Gasteiger partial charge in [-0.25, -0.2) is 0 Å². The number of hydrogen-bond donors (Lipinski definition) is 1. The van der Waals surface area contributed by atoms with E-state index in [0.29, 0.717) is 29.9 Å². The molecule has 2 aliphatic rings. The predicted molar refractivity (Wildman–Crippen MR) is 81.0 cm³/mol. The Labute approximate surface area is 125 Å². The van der Waals surface area contributed by atoms with Gasteiger partial charge < -0.3 is 15.2 Å². The first-order valence-corrected chi connectivity index (χ1v) is 7.78. The van der Waals surface area contributed by atoms with Crippen LogP contribution in [0, 0.1) is 0 Å². The van der Waals surface area contributed by atoms with Crippen LogP contribution < -0.4 is 15.2 Å². The first-order valence-electron chi connectivity index (χ1n) is 7.40. The topological polar surface area (TPSA) is 44.5 Å². The number of benzene rings is 1. The van der Waals surface area contributed by atoms with E-state index >= 15 is 0 Å². The molecule has 0 radical (unpaired) electrons. The van der Waals surface area contributed by atoms with Crippen LogP contribution in [0.5, 0.6) is 11.5 Å². The molecule has 3 nitrogen and oxygen atoms in total. The number of nitrogens with two attached hydrogens (primary N) is 1. The molecule has 0 atom stereocenters. The average molecular weight is 296 g/mol. The molecule has 2 N–H and O–H groups in total. The molecule has 1 aliphatic carbocycles. The zero-order valence-electron chi connectivity index (χ0n) is 12.2. The van der Waals surface area contributed by atoms with Crippen LogP contribution in [0.1, 0.15) is 50.2 Å². The molecule has 0 amide bonds. The summed E-state index contributed by atoms with van der Waals surface area (Å²) in [6.07, 6.45) is 3.95. The molecule has 20 heavy (non-hydrogen) atoms. The summed E-state index contributed by atoms with van der Waals surface area (Å²) in [5, 5.41) is 0.644. The van der Waals surface area contributed by atoms with E-state index in [0.717, 1.165) is 31.4 Å². The Hall–Kier alpha value is -0.930. The molecule has 3 rings (SSSR count). The minimum absolute atomic E-state index is 0.0349. The standard InChI is InChI=1S/C16H22ClNO2/c1-10(2)13-11(9-16(18)4-5-16)8-12(17)14-15(13)20-7-3-6-19-14/h8,10H,3-7,9,18H2,1-2H3. The zero-order chi connectivity index (χ0) is 14.3. The Balaban J connectivity index is 2.09. The molecule has 0 bridgehead atoms. The van der Waals surface area contributed by atoms with Crippen molar-refractivity contribution < 1.29 is 9.47 Å². The molecule has 0 spiro atoms. The fourth-order valence-corrected chi connectivity index (χ4v) is 3.13. The number of rotatable bonds is 3. The minimum atomic E-state index is -0.0349. The summed E-state index contributed by atoms with van der Waals surface area (Å²) in [6.45, 7) is 5.69. The second-order valence-electron chi connectivity index (χ2n) is 6.33. The molecular formula is C16H22ClNO2. The maximum atomic E-state index is 6.40. The lowest BCUT2D eigenvalue weighted by Crippen LogP contribution is -2.25. The van der Waals surface area contributed by atoms with Gasteiger partial charge in [-0.3, -0.25) is 0 Å². The normalized spacial score (nSPS) is 19.9. The Morgan fingerprint density at radius 1 is 1.25 bits per heavy atom. The smallest absolute Gasteiger partial charge is 0.180 e. The maximum absolute atomic E-state index is 6.40. The molecule has 110 valence electrons. The van der Waals surface area contributed by atoms with E-state index in [9.17, 15) is 0 Å². The van der Waals surface area contributed by atoms with Gasteiger partial charge in [0.25, 0.3) is 0 Å². The molecule has 0 aromatic heterocycles. The van der Waals surface area contributed by atoms with Crippen molar-refractivity contribution in [3.05, 3.63) is 22.2 Å². The molecule has 1 aliphatic heterocycles. The SMILES string of the molecule is CC(C)c1c(CC2(N)CC2)cc(Cl)c2c1OCCCO2. The van der Waals surface area contributed by atoms with Crippen molar-refractivity contribution in [2.75, 3.05) is 13.2 Å². The fraction of sp³-hybridized carbons (Fsp3) is 0.625. The lowest BCUT2D eigenvalue weighted by Gasteiger charge is -2.22. The third kappa shape index (κ3) is 2.61. The van der Waals surface area contributed by atoms with Gasteiger partial charge in [-0.2, -0.15) is 0 Å². The van der Waals surface area contributed by atoms with Gasteiger partial charge >= 0.3 is 0 Å². The quantitative estimate of drug-likeness (QED) is 0.925. The Kier molecular flexibility index (Phi) is 3.59. The van der Waals surface area contributed by atoms with Crippen LogP contribution in [-0.2, 0) is 6.42 Å². The number of halogens is 1. The van der Waals surface area contributed by atoms with E-state index in [2.05, 4.69) is 13.8 Å². The average Bonchev–Trinajstić information content (AvgIpc) is 3.12. The second kappa shape index (κ2) is 5.12. The van der Waals surface area contributed by atoms with Gasteiger partial charge in [0.05, 0.1) is 18.2 Å². The van der Waals surface area contributed by atoms with Crippen LogP contribution in [-0.4, -0.2) is 18.8 Å². The van der Waals surface area contributed by atoms with E-state index in [1.807, 2.05) is 6.07 Å². The van der Waals surface area contributed by atoms with Crippen molar-refractivity contribution in [3.63, 3.8) is 0 Å². The highest BCUT2D eigenvalue weighted by molar-refractivity contribution is 6.32. The van der Waals surface area contributed by atoms with Gasteiger partial charge in [0.2, 0.25) is 0 Å². The van der Waals surface area contributed by atoms with Crippen LogP contribution >= 0.6 is 11.6 Å². The molecule has 1 aromatic carbocycles. The van der Waals surface area contributed by atoms with Crippen LogP contribution in [0.2, 0.25) is 5.02 Å². The molecule has 0 saturated heterocycles. The van der Waals surface area contributed by atoms with Crippen molar-refractivity contribution >= 4 is 11.6 Å². The maximum Gasteiger partial charge on any atom is 0.180 e. The van der Waals surface area contributed by atoms with Gasteiger partial charge in [0, 0.05) is 17.5 Å². The minimum Gasteiger partial charge on any atom is -0.489 e. The first kappa shape index (κ1) is 14.0. The van der Waals surface area contributed by atoms with E-state index in [4.69, 9.17) is 26.8 Å². The first-order chi connectivity index (χ1) is 9.50. The third-order valence-corrected chi connectivity index (χ3v) is 4.39. The summed E-state index contributed by atoms with van der Waals surface area (Å²) < 4.78 is 11.7. The Bertz CT molecular complexity index is 524. The predicted octanol–water partition coefficient (Wildman–Crippen LogP) is 3.66. The summed E-state index contributed by atoms with van der Waals surface area (Å²) in [6, 6.07) is 2.03. The highest BCUT2D eigenvalue weighted by Crippen LogP contribution is 2.47. The molecule has 1 heterocycles. The van der Waals surface area contributed by atoms with Gasteiger partial charge in [0.15, 0.2) is 11.5 Å². The molecule has 1 aromatic rings. The van der Waals surface area contributed by atoms with Crippen molar-refractivity contribution in [1.82, 2.24) is 0 Å². The summed E-state index contributed by atoms with van der Waals surface area (Å²) in [7, 11) is 0. The summed E-state index contributed by atoms with van der Waals surface area (Å²) >= 11 is 6.40. The van der Waals surface area contributed by atoms with E-state index in [1.165, 1.54) is 11.1 Å². The van der Waals surface area contributed by atoms with E-state index < -0.39 is 0 Å². The number of ether oxygens (including phenoxy) is 2. The van der Waals surface area contributed by atoms with Gasteiger partial charge in [-0.05, 0) is 36.8 Å². The van der Waals surface area contributed by atoms with Crippen LogP contribution in [0.25, 0.3) is 0 Å². The van der Waals surface area contributed by atoms with Gasteiger partial charge in [0.1, 0.15) is 0 Å². The Morgan fingerprint density at radius 3 is 2.50 bits per heavy atom. The monoisotopic (exact) mass is 295 g/mol. The molecule has 0 unspecified atom stereocenters. The summed E-state index contributed by atoms with van der Waals surface area (Å²) in [5.74, 6) is 1.91.